The van der Waals surface area contributed by atoms with E-state index < -0.39 is 0 Å². The summed E-state index contributed by atoms with van der Waals surface area (Å²) in [6, 6.07) is 3.96. The number of methoxy groups -OCH3 is 1. The molecule has 0 aromatic carbocycles. The normalized spacial score (nSPS) is 32.5. The van der Waals surface area contributed by atoms with Gasteiger partial charge in [0.2, 0.25) is 0 Å². The highest BCUT2D eigenvalue weighted by Gasteiger charge is 2.46. The maximum absolute atomic E-state index is 5.34. The Hall–Kier alpha value is -1.05. The van der Waals surface area contributed by atoms with E-state index in [-0.39, 0.29) is 0 Å². The van der Waals surface area contributed by atoms with Gasteiger partial charge in [0.15, 0.2) is 0 Å². The summed E-state index contributed by atoms with van der Waals surface area (Å²) in [5.74, 6) is 3.83. The van der Waals surface area contributed by atoms with Gasteiger partial charge >= 0.3 is 0 Å². The number of aromatic nitrogens is 1. The highest BCUT2D eigenvalue weighted by atomic mass is 16.5. The molecule has 4 rings (SSSR count). The molecular weight excluding hydrogens is 186 g/mol. The van der Waals surface area contributed by atoms with Crippen LogP contribution < -0.4 is 4.74 Å². The molecule has 2 nitrogen and oxygen atoms in total. The molecule has 2 atom stereocenters. The first-order chi connectivity index (χ1) is 7.38. The summed E-state index contributed by atoms with van der Waals surface area (Å²) < 4.78 is 5.34. The van der Waals surface area contributed by atoms with E-state index in [4.69, 9.17) is 4.74 Å². The van der Waals surface area contributed by atoms with Crippen LogP contribution in [-0.4, -0.2) is 12.1 Å². The quantitative estimate of drug-likeness (QED) is 0.753. The zero-order valence-electron chi connectivity index (χ0n) is 9.15. The Kier molecular flexibility index (Phi) is 2.15. The summed E-state index contributed by atoms with van der Waals surface area (Å²) in [6.07, 6.45) is 7.37. The van der Waals surface area contributed by atoms with Crippen LogP contribution in [0.5, 0.6) is 5.75 Å². The fourth-order valence-corrected chi connectivity index (χ4v) is 3.34. The third-order valence-electron chi connectivity index (χ3n) is 4.22. The van der Waals surface area contributed by atoms with Crippen molar-refractivity contribution in [3.8, 4) is 5.75 Å². The largest absolute Gasteiger partial charge is 0.495 e. The molecular formula is C13H17NO. The summed E-state index contributed by atoms with van der Waals surface area (Å²) in [5.41, 5.74) is 1.15. The SMILES string of the molecule is COc1cccnc1CC1C2CCC1C2. The summed E-state index contributed by atoms with van der Waals surface area (Å²) in [5, 5.41) is 0. The third kappa shape index (κ3) is 1.43. The molecule has 80 valence electrons. The van der Waals surface area contributed by atoms with Gasteiger partial charge in [0.05, 0.1) is 12.8 Å². The van der Waals surface area contributed by atoms with Gasteiger partial charge in [-0.25, -0.2) is 0 Å². The average molecular weight is 203 g/mol. The Labute approximate surface area is 90.7 Å². The molecule has 2 bridgehead atoms. The van der Waals surface area contributed by atoms with Crippen LogP contribution >= 0.6 is 0 Å². The van der Waals surface area contributed by atoms with Gasteiger partial charge in [-0.15, -0.1) is 0 Å². The molecule has 3 saturated carbocycles. The summed E-state index contributed by atoms with van der Waals surface area (Å²) in [4.78, 5) is 4.44. The molecule has 2 heteroatoms. The van der Waals surface area contributed by atoms with E-state index in [1.165, 1.54) is 19.3 Å². The van der Waals surface area contributed by atoms with Gasteiger partial charge in [-0.2, -0.15) is 0 Å². The molecule has 0 N–H and O–H groups in total. The predicted octanol–water partition coefficient (Wildman–Crippen LogP) is 2.68. The Bertz CT molecular complexity index is 349. The fourth-order valence-electron chi connectivity index (χ4n) is 3.34. The van der Waals surface area contributed by atoms with Crippen LogP contribution in [0.25, 0.3) is 0 Å². The molecule has 3 fully saturated rings. The van der Waals surface area contributed by atoms with Crippen molar-refractivity contribution in [3.05, 3.63) is 24.0 Å². The Morgan fingerprint density at radius 3 is 2.87 bits per heavy atom. The van der Waals surface area contributed by atoms with Crippen molar-refractivity contribution < 1.29 is 4.74 Å². The first-order valence-corrected chi connectivity index (χ1v) is 5.86. The zero-order valence-corrected chi connectivity index (χ0v) is 9.15. The van der Waals surface area contributed by atoms with E-state index in [9.17, 15) is 0 Å². The highest BCUT2D eigenvalue weighted by molar-refractivity contribution is 5.27. The van der Waals surface area contributed by atoms with Gasteiger partial charge in [-0.05, 0) is 55.6 Å². The fraction of sp³-hybridized carbons (Fsp3) is 0.615. The van der Waals surface area contributed by atoms with E-state index in [0.29, 0.717) is 0 Å². The third-order valence-corrected chi connectivity index (χ3v) is 4.22. The minimum Gasteiger partial charge on any atom is -0.495 e. The maximum Gasteiger partial charge on any atom is 0.140 e. The number of nitrogens with zero attached hydrogens (tertiary/aromatic N) is 1. The van der Waals surface area contributed by atoms with Crippen molar-refractivity contribution in [1.29, 1.82) is 0 Å². The van der Waals surface area contributed by atoms with Gasteiger partial charge in [0.25, 0.3) is 0 Å². The molecule has 0 spiro atoms. The number of rotatable bonds is 3. The minimum absolute atomic E-state index is 0.897. The second-order valence-electron chi connectivity index (χ2n) is 4.85. The monoisotopic (exact) mass is 203 g/mol. The number of ether oxygens (including phenoxy) is 1. The highest BCUT2D eigenvalue weighted by Crippen LogP contribution is 2.54. The number of pyridine rings is 1. The van der Waals surface area contributed by atoms with E-state index in [2.05, 4.69) is 4.98 Å². The van der Waals surface area contributed by atoms with Crippen molar-refractivity contribution in [3.63, 3.8) is 0 Å². The molecule has 0 radical (unpaired) electrons. The van der Waals surface area contributed by atoms with Crippen molar-refractivity contribution in [1.82, 2.24) is 4.98 Å². The second-order valence-corrected chi connectivity index (χ2v) is 4.85. The molecule has 3 aliphatic carbocycles. The van der Waals surface area contributed by atoms with Crippen LogP contribution in [0.1, 0.15) is 25.0 Å². The lowest BCUT2D eigenvalue weighted by Crippen LogP contribution is -2.30. The predicted molar refractivity (Wildman–Crippen MR) is 58.8 cm³/mol. The minimum atomic E-state index is 0.897. The second kappa shape index (κ2) is 3.51. The molecule has 0 aliphatic heterocycles. The van der Waals surface area contributed by atoms with E-state index in [1.807, 2.05) is 18.3 Å². The van der Waals surface area contributed by atoms with Crippen LogP contribution in [0.3, 0.4) is 0 Å². The van der Waals surface area contributed by atoms with Crippen LogP contribution in [0.15, 0.2) is 18.3 Å². The zero-order chi connectivity index (χ0) is 10.3. The Balaban J connectivity index is 1.76. The van der Waals surface area contributed by atoms with E-state index in [0.717, 1.165) is 35.6 Å². The number of hydrogen-bond donors (Lipinski definition) is 0. The summed E-state index contributed by atoms with van der Waals surface area (Å²) >= 11 is 0. The van der Waals surface area contributed by atoms with Crippen LogP contribution in [0, 0.1) is 17.8 Å². The molecule has 0 amide bonds. The van der Waals surface area contributed by atoms with Crippen LogP contribution in [-0.2, 0) is 6.42 Å². The standard InChI is InChI=1S/C13H17NO/c1-15-13-3-2-6-14-12(13)8-11-9-4-5-10(11)7-9/h2-3,6,9-11H,4-5,7-8H2,1H3. The van der Waals surface area contributed by atoms with E-state index >= 15 is 0 Å². The van der Waals surface area contributed by atoms with Gasteiger partial charge in [-0.1, -0.05) is 0 Å². The van der Waals surface area contributed by atoms with Crippen molar-refractivity contribution in [2.45, 2.75) is 25.7 Å². The van der Waals surface area contributed by atoms with Crippen LogP contribution in [0.2, 0.25) is 0 Å². The lowest BCUT2D eigenvalue weighted by atomic mass is 9.70. The maximum atomic E-state index is 5.34. The van der Waals surface area contributed by atoms with Gasteiger partial charge in [0, 0.05) is 6.20 Å². The molecule has 2 unspecified atom stereocenters. The summed E-state index contributed by atoms with van der Waals surface area (Å²) in [6.45, 7) is 0. The molecule has 1 heterocycles. The van der Waals surface area contributed by atoms with Crippen molar-refractivity contribution in [2.24, 2.45) is 17.8 Å². The van der Waals surface area contributed by atoms with Crippen molar-refractivity contribution in [2.75, 3.05) is 7.11 Å². The molecule has 15 heavy (non-hydrogen) atoms. The molecule has 1 aromatic heterocycles. The Morgan fingerprint density at radius 2 is 2.20 bits per heavy atom. The first kappa shape index (κ1) is 9.20. The Morgan fingerprint density at radius 1 is 1.40 bits per heavy atom. The van der Waals surface area contributed by atoms with E-state index in [1.54, 1.807) is 7.11 Å². The molecule has 0 saturated heterocycles. The lowest BCUT2D eigenvalue weighted by molar-refractivity contribution is 0.154. The van der Waals surface area contributed by atoms with Gasteiger partial charge < -0.3 is 4.74 Å². The number of hydrogen-bond acceptors (Lipinski definition) is 2. The topological polar surface area (TPSA) is 22.1 Å². The summed E-state index contributed by atoms with van der Waals surface area (Å²) in [7, 11) is 1.73. The van der Waals surface area contributed by atoms with Crippen LogP contribution in [0.4, 0.5) is 0 Å². The average Bonchev–Trinajstić information content (AvgIpc) is 2.88. The smallest absolute Gasteiger partial charge is 0.140 e. The van der Waals surface area contributed by atoms with Gasteiger partial charge in [-0.3, -0.25) is 4.98 Å². The number of fused-ring (bicyclic) bond motifs is 1. The lowest BCUT2D eigenvalue weighted by Gasteiger charge is -2.35. The van der Waals surface area contributed by atoms with Gasteiger partial charge in [0.1, 0.15) is 5.75 Å². The molecule has 3 aliphatic rings. The first-order valence-electron chi connectivity index (χ1n) is 5.86. The van der Waals surface area contributed by atoms with Crippen molar-refractivity contribution >= 4 is 0 Å². The molecule has 1 aromatic rings.